The van der Waals surface area contributed by atoms with Crippen molar-refractivity contribution >= 4 is 32.7 Å². The second kappa shape index (κ2) is 8.32. The molecule has 0 aliphatic carbocycles. The highest BCUT2D eigenvalue weighted by atomic mass is 79.9. The highest BCUT2D eigenvalue weighted by Crippen LogP contribution is 2.25. The number of H-pyrrole nitrogens is 1. The number of rotatable bonds is 6. The van der Waals surface area contributed by atoms with Crippen LogP contribution in [0.3, 0.4) is 0 Å². The van der Waals surface area contributed by atoms with Gasteiger partial charge in [-0.05, 0) is 53.8 Å². The second-order valence-corrected chi connectivity index (χ2v) is 7.51. The molecule has 1 heterocycles. The standard InChI is InChI=1S/C19H18BrF3N4O/c1-27(2)6-5-16-24-18-11(9-14(22)17(23)19(18)25-16)15(26-28)8-10-3-4-13(21)12(20)7-10/h3-4,7,9,28H,5-6,8H2,1-2H3,(H,24,25)/b26-15+. The van der Waals surface area contributed by atoms with Gasteiger partial charge in [0.2, 0.25) is 0 Å². The molecule has 0 saturated carbocycles. The van der Waals surface area contributed by atoms with Gasteiger partial charge in [0.05, 0.1) is 15.7 Å². The highest BCUT2D eigenvalue weighted by molar-refractivity contribution is 9.10. The molecule has 148 valence electrons. The largest absolute Gasteiger partial charge is 0.411 e. The summed E-state index contributed by atoms with van der Waals surface area (Å²) in [4.78, 5) is 9.11. The van der Waals surface area contributed by atoms with Gasteiger partial charge in [0.15, 0.2) is 11.6 Å². The van der Waals surface area contributed by atoms with E-state index in [1.54, 1.807) is 0 Å². The van der Waals surface area contributed by atoms with E-state index in [1.807, 2.05) is 19.0 Å². The Morgan fingerprint density at radius 1 is 1.21 bits per heavy atom. The fraction of sp³-hybridized carbons (Fsp3) is 0.263. The van der Waals surface area contributed by atoms with Gasteiger partial charge in [-0.15, -0.1) is 0 Å². The third-order valence-corrected chi connectivity index (χ3v) is 4.90. The van der Waals surface area contributed by atoms with Gasteiger partial charge in [0, 0.05) is 24.9 Å². The van der Waals surface area contributed by atoms with Crippen LogP contribution in [0.2, 0.25) is 0 Å². The van der Waals surface area contributed by atoms with E-state index in [-0.39, 0.29) is 33.2 Å². The smallest absolute Gasteiger partial charge is 0.186 e. The summed E-state index contributed by atoms with van der Waals surface area (Å²) < 4.78 is 42.1. The summed E-state index contributed by atoms with van der Waals surface area (Å²) in [7, 11) is 3.79. The van der Waals surface area contributed by atoms with Gasteiger partial charge in [0.25, 0.3) is 0 Å². The first-order valence-electron chi connectivity index (χ1n) is 8.46. The molecule has 3 rings (SSSR count). The lowest BCUT2D eigenvalue weighted by Gasteiger charge is -2.08. The first kappa shape index (κ1) is 20.3. The van der Waals surface area contributed by atoms with E-state index < -0.39 is 17.5 Å². The van der Waals surface area contributed by atoms with Crippen LogP contribution >= 0.6 is 15.9 Å². The highest BCUT2D eigenvalue weighted by Gasteiger charge is 2.20. The number of aromatic nitrogens is 2. The van der Waals surface area contributed by atoms with Gasteiger partial charge in [-0.3, -0.25) is 0 Å². The summed E-state index contributed by atoms with van der Waals surface area (Å²) in [6.07, 6.45) is 0.598. The molecule has 0 spiro atoms. The summed E-state index contributed by atoms with van der Waals surface area (Å²) in [5.74, 6) is -2.08. The van der Waals surface area contributed by atoms with Gasteiger partial charge in [-0.25, -0.2) is 18.2 Å². The van der Waals surface area contributed by atoms with Crippen LogP contribution in [-0.4, -0.2) is 46.4 Å². The Bertz CT molecular complexity index is 1050. The topological polar surface area (TPSA) is 64.5 Å². The number of nitrogens with one attached hydrogen (secondary N) is 1. The fourth-order valence-electron chi connectivity index (χ4n) is 2.85. The molecule has 28 heavy (non-hydrogen) atoms. The maximum absolute atomic E-state index is 14.3. The van der Waals surface area contributed by atoms with Gasteiger partial charge in [-0.2, -0.15) is 0 Å². The van der Waals surface area contributed by atoms with Crippen LogP contribution in [0.25, 0.3) is 11.0 Å². The van der Waals surface area contributed by atoms with Crippen LogP contribution in [0, 0.1) is 17.5 Å². The van der Waals surface area contributed by atoms with Crippen LogP contribution in [-0.2, 0) is 12.8 Å². The molecule has 0 atom stereocenters. The van der Waals surface area contributed by atoms with E-state index in [4.69, 9.17) is 0 Å². The molecule has 0 aliphatic heterocycles. The number of aromatic amines is 1. The molecule has 1 aromatic heterocycles. The lowest BCUT2D eigenvalue weighted by molar-refractivity contribution is 0.318. The zero-order valence-electron chi connectivity index (χ0n) is 15.2. The van der Waals surface area contributed by atoms with Crippen molar-refractivity contribution in [2.24, 2.45) is 5.16 Å². The molecule has 0 amide bonds. The Morgan fingerprint density at radius 2 is 1.96 bits per heavy atom. The molecule has 0 radical (unpaired) electrons. The van der Waals surface area contributed by atoms with E-state index in [0.717, 1.165) is 6.07 Å². The van der Waals surface area contributed by atoms with Crippen molar-refractivity contribution in [2.75, 3.05) is 20.6 Å². The molecule has 0 unspecified atom stereocenters. The Labute approximate surface area is 168 Å². The summed E-state index contributed by atoms with van der Waals surface area (Å²) in [5, 5.41) is 12.8. The lowest BCUT2D eigenvalue weighted by atomic mass is 10.0. The van der Waals surface area contributed by atoms with Crippen molar-refractivity contribution in [1.82, 2.24) is 14.9 Å². The lowest BCUT2D eigenvalue weighted by Crippen LogP contribution is -2.15. The first-order chi connectivity index (χ1) is 13.3. The number of hydrogen-bond donors (Lipinski definition) is 2. The number of nitrogens with zero attached hydrogens (tertiary/aromatic N) is 3. The minimum absolute atomic E-state index is 0.0849. The summed E-state index contributed by atoms with van der Waals surface area (Å²) in [5.41, 5.74) is 1.03. The van der Waals surface area contributed by atoms with Gasteiger partial charge >= 0.3 is 0 Å². The summed E-state index contributed by atoms with van der Waals surface area (Å²) in [6, 6.07) is 5.30. The Hall–Kier alpha value is -2.39. The van der Waals surface area contributed by atoms with E-state index in [1.165, 1.54) is 18.2 Å². The quantitative estimate of drug-likeness (QED) is 0.332. The van der Waals surface area contributed by atoms with E-state index >= 15 is 0 Å². The van der Waals surface area contributed by atoms with Crippen molar-refractivity contribution in [2.45, 2.75) is 12.8 Å². The fourth-order valence-corrected chi connectivity index (χ4v) is 3.28. The number of imidazole rings is 1. The predicted molar refractivity (Wildman–Crippen MR) is 104 cm³/mol. The molecular formula is C19H18BrF3N4O. The maximum Gasteiger partial charge on any atom is 0.186 e. The third kappa shape index (κ3) is 4.20. The number of benzene rings is 2. The third-order valence-electron chi connectivity index (χ3n) is 4.29. The average Bonchev–Trinajstić information content (AvgIpc) is 3.08. The monoisotopic (exact) mass is 454 g/mol. The number of hydrogen-bond acceptors (Lipinski definition) is 4. The number of likely N-dealkylation sites (N-methyl/N-ethyl adjacent to an activating group) is 1. The van der Waals surface area contributed by atoms with Crippen molar-refractivity contribution < 1.29 is 18.4 Å². The predicted octanol–water partition coefficient (Wildman–Crippen LogP) is 4.27. The molecule has 5 nitrogen and oxygen atoms in total. The molecule has 2 N–H and O–H groups in total. The molecular weight excluding hydrogens is 437 g/mol. The van der Waals surface area contributed by atoms with E-state index in [9.17, 15) is 18.4 Å². The first-order valence-corrected chi connectivity index (χ1v) is 9.26. The molecule has 0 aliphatic rings. The van der Waals surface area contributed by atoms with Gasteiger partial charge < -0.3 is 15.1 Å². The average molecular weight is 455 g/mol. The Morgan fingerprint density at radius 3 is 2.61 bits per heavy atom. The van der Waals surface area contributed by atoms with Crippen LogP contribution in [0.5, 0.6) is 0 Å². The Balaban J connectivity index is 2.04. The second-order valence-electron chi connectivity index (χ2n) is 6.65. The molecule has 0 fully saturated rings. The van der Waals surface area contributed by atoms with Crippen LogP contribution in [0.4, 0.5) is 13.2 Å². The number of halogens is 4. The van der Waals surface area contributed by atoms with Crippen LogP contribution in [0.15, 0.2) is 33.9 Å². The number of oxime groups is 1. The van der Waals surface area contributed by atoms with Crippen molar-refractivity contribution in [3.05, 3.63) is 63.1 Å². The Kier molecular flexibility index (Phi) is 6.04. The van der Waals surface area contributed by atoms with Crippen LogP contribution < -0.4 is 0 Å². The molecule has 3 aromatic rings. The maximum atomic E-state index is 14.3. The van der Waals surface area contributed by atoms with Gasteiger partial charge in [-0.1, -0.05) is 11.2 Å². The van der Waals surface area contributed by atoms with Crippen LogP contribution in [0.1, 0.15) is 17.0 Å². The minimum atomic E-state index is -1.09. The van der Waals surface area contributed by atoms with Crippen molar-refractivity contribution in [3.8, 4) is 0 Å². The van der Waals surface area contributed by atoms with E-state index in [0.29, 0.717) is 24.4 Å². The van der Waals surface area contributed by atoms with Crippen molar-refractivity contribution in [3.63, 3.8) is 0 Å². The zero-order chi connectivity index (χ0) is 20.4. The summed E-state index contributed by atoms with van der Waals surface area (Å²) >= 11 is 3.10. The number of fused-ring (bicyclic) bond motifs is 1. The SMILES string of the molecule is CN(C)CCc1nc2c(F)c(F)cc(/C(Cc3ccc(F)c(Br)c3)=N/O)c2[nH]1. The van der Waals surface area contributed by atoms with E-state index in [2.05, 4.69) is 31.1 Å². The molecule has 0 bridgehead atoms. The zero-order valence-corrected chi connectivity index (χ0v) is 16.8. The normalized spacial score (nSPS) is 12.3. The summed E-state index contributed by atoms with van der Waals surface area (Å²) in [6.45, 7) is 0.670. The van der Waals surface area contributed by atoms with Crippen molar-refractivity contribution in [1.29, 1.82) is 0 Å². The molecule has 2 aromatic carbocycles. The minimum Gasteiger partial charge on any atom is -0.411 e. The van der Waals surface area contributed by atoms with Gasteiger partial charge in [0.1, 0.15) is 17.2 Å². The molecule has 9 heteroatoms. The molecule has 0 saturated heterocycles.